The van der Waals surface area contributed by atoms with Gasteiger partial charge >= 0.3 is 0 Å². The summed E-state index contributed by atoms with van der Waals surface area (Å²) in [5, 5.41) is 15.1. The summed E-state index contributed by atoms with van der Waals surface area (Å²) in [6.45, 7) is 0.256. The van der Waals surface area contributed by atoms with E-state index < -0.39 is 5.91 Å². The van der Waals surface area contributed by atoms with Crippen molar-refractivity contribution in [3.8, 4) is 11.5 Å². The van der Waals surface area contributed by atoms with Gasteiger partial charge in [-0.15, -0.1) is 0 Å². The lowest BCUT2D eigenvalue weighted by Crippen LogP contribution is -2.23. The van der Waals surface area contributed by atoms with Crippen molar-refractivity contribution in [2.75, 3.05) is 12.4 Å². The lowest BCUT2D eigenvalue weighted by Gasteiger charge is -2.09. The Bertz CT molecular complexity index is 1020. The lowest BCUT2D eigenvalue weighted by molar-refractivity contribution is 0.0949. The predicted molar refractivity (Wildman–Crippen MR) is 107 cm³/mol. The molecule has 3 rings (SSSR count). The minimum absolute atomic E-state index is 0.0320. The van der Waals surface area contributed by atoms with E-state index in [2.05, 4.69) is 26.6 Å². The topological polar surface area (TPSA) is 101 Å². The first-order chi connectivity index (χ1) is 13.5. The van der Waals surface area contributed by atoms with Gasteiger partial charge in [0.1, 0.15) is 0 Å². The van der Waals surface area contributed by atoms with Crippen molar-refractivity contribution in [2.24, 2.45) is 0 Å². The third-order valence-corrected chi connectivity index (χ3v) is 4.30. The van der Waals surface area contributed by atoms with Gasteiger partial charge < -0.3 is 24.9 Å². The summed E-state index contributed by atoms with van der Waals surface area (Å²) < 4.78 is 10.7. The van der Waals surface area contributed by atoms with E-state index in [0.717, 1.165) is 5.56 Å². The third kappa shape index (κ3) is 4.72. The Balaban J connectivity index is 1.64. The molecule has 0 atom stereocenters. The molecule has 28 heavy (non-hydrogen) atoms. The zero-order valence-electron chi connectivity index (χ0n) is 14.9. The molecule has 1 heterocycles. The fourth-order valence-electron chi connectivity index (χ4n) is 2.48. The molecule has 0 aliphatic heterocycles. The van der Waals surface area contributed by atoms with Gasteiger partial charge in [-0.2, -0.15) is 0 Å². The fraction of sp³-hybridized carbons (Fsp3) is 0.100. The number of ether oxygens (including phenoxy) is 1. The number of benzene rings is 2. The van der Waals surface area contributed by atoms with Crippen molar-refractivity contribution in [2.45, 2.75) is 6.54 Å². The van der Waals surface area contributed by atoms with Gasteiger partial charge in [0.25, 0.3) is 11.8 Å². The Morgan fingerprint density at radius 2 is 1.93 bits per heavy atom. The van der Waals surface area contributed by atoms with E-state index in [9.17, 15) is 14.7 Å². The number of nitrogens with one attached hydrogen (secondary N) is 2. The van der Waals surface area contributed by atoms with Crippen LogP contribution in [0, 0.1) is 0 Å². The van der Waals surface area contributed by atoms with Gasteiger partial charge in [0, 0.05) is 17.8 Å². The van der Waals surface area contributed by atoms with E-state index >= 15 is 0 Å². The van der Waals surface area contributed by atoms with Crippen LogP contribution < -0.4 is 15.4 Å². The Kier molecular flexibility index (Phi) is 6.00. The van der Waals surface area contributed by atoms with Crippen LogP contribution in [0.25, 0.3) is 0 Å². The summed E-state index contributed by atoms with van der Waals surface area (Å²) in [7, 11) is 1.46. The number of furan rings is 1. The van der Waals surface area contributed by atoms with Crippen molar-refractivity contribution >= 4 is 33.4 Å². The Morgan fingerprint density at radius 3 is 2.64 bits per heavy atom. The number of anilines is 1. The highest BCUT2D eigenvalue weighted by molar-refractivity contribution is 9.10. The van der Waals surface area contributed by atoms with Crippen LogP contribution in [0.3, 0.4) is 0 Å². The van der Waals surface area contributed by atoms with E-state index in [0.29, 0.717) is 21.7 Å². The number of rotatable bonds is 6. The van der Waals surface area contributed by atoms with Crippen molar-refractivity contribution in [3.63, 3.8) is 0 Å². The zero-order valence-corrected chi connectivity index (χ0v) is 16.4. The van der Waals surface area contributed by atoms with Gasteiger partial charge in [0.15, 0.2) is 21.9 Å². The van der Waals surface area contributed by atoms with Crippen molar-refractivity contribution in [3.05, 3.63) is 76.2 Å². The number of methoxy groups -OCH3 is 1. The molecule has 3 aromatic rings. The molecule has 3 N–H and O–H groups in total. The molecule has 144 valence electrons. The van der Waals surface area contributed by atoms with Gasteiger partial charge in [-0.25, -0.2) is 0 Å². The molecule has 0 unspecified atom stereocenters. The van der Waals surface area contributed by atoms with Crippen LogP contribution in [-0.2, 0) is 6.54 Å². The van der Waals surface area contributed by atoms with Gasteiger partial charge in [0.2, 0.25) is 0 Å². The minimum atomic E-state index is -0.417. The molecule has 0 fully saturated rings. The molecule has 0 saturated carbocycles. The van der Waals surface area contributed by atoms with Crippen LogP contribution in [0.15, 0.2) is 63.7 Å². The summed E-state index contributed by atoms with van der Waals surface area (Å²) in [6, 6.07) is 14.6. The average Bonchev–Trinajstić information content (AvgIpc) is 3.14. The van der Waals surface area contributed by atoms with Crippen molar-refractivity contribution in [1.82, 2.24) is 5.32 Å². The number of amides is 2. The third-order valence-electron chi connectivity index (χ3n) is 3.88. The van der Waals surface area contributed by atoms with Crippen molar-refractivity contribution in [1.29, 1.82) is 0 Å². The highest BCUT2D eigenvalue weighted by atomic mass is 79.9. The van der Waals surface area contributed by atoms with E-state index in [-0.39, 0.29) is 24.0 Å². The van der Waals surface area contributed by atoms with Crippen LogP contribution in [0.5, 0.6) is 11.5 Å². The van der Waals surface area contributed by atoms with E-state index in [4.69, 9.17) is 9.15 Å². The highest BCUT2D eigenvalue weighted by Gasteiger charge is 2.12. The van der Waals surface area contributed by atoms with Crippen LogP contribution >= 0.6 is 15.9 Å². The van der Waals surface area contributed by atoms with E-state index in [1.54, 1.807) is 48.5 Å². The second-order valence-corrected chi connectivity index (χ2v) is 6.61. The molecule has 2 aromatic carbocycles. The van der Waals surface area contributed by atoms with Crippen LogP contribution in [0.1, 0.15) is 26.5 Å². The average molecular weight is 445 g/mol. The zero-order chi connectivity index (χ0) is 20.1. The predicted octanol–water partition coefficient (Wildman–Crippen LogP) is 3.94. The first-order valence-electron chi connectivity index (χ1n) is 8.27. The Morgan fingerprint density at radius 1 is 1.11 bits per heavy atom. The number of phenolic OH excluding ortho intramolecular Hbond substituents is 1. The number of hydrogen-bond donors (Lipinski definition) is 3. The minimum Gasteiger partial charge on any atom is -0.504 e. The normalized spacial score (nSPS) is 10.4. The van der Waals surface area contributed by atoms with Gasteiger partial charge in [0.05, 0.1) is 7.11 Å². The number of carbonyl (C=O) groups excluding carboxylic acids is 2. The summed E-state index contributed by atoms with van der Waals surface area (Å²) >= 11 is 3.14. The summed E-state index contributed by atoms with van der Waals surface area (Å²) in [5.74, 6) is -0.197. The molecule has 2 amide bonds. The lowest BCUT2D eigenvalue weighted by atomic mass is 10.1. The molecule has 0 saturated heterocycles. The van der Waals surface area contributed by atoms with E-state index in [1.807, 2.05) is 0 Å². The quantitative estimate of drug-likeness (QED) is 0.534. The second-order valence-electron chi connectivity index (χ2n) is 5.83. The standard InChI is InChI=1S/C20H17BrN2O5/c1-27-17-9-12(5-6-15(17)24)11-22-19(25)13-3-2-4-14(10-13)23-20(26)16-7-8-18(21)28-16/h2-10,24H,11H2,1H3,(H,22,25)(H,23,26). The first-order valence-corrected chi connectivity index (χ1v) is 9.06. The maximum atomic E-state index is 12.4. The maximum absolute atomic E-state index is 12.4. The number of carbonyl (C=O) groups is 2. The van der Waals surface area contributed by atoms with Gasteiger partial charge in [-0.05, 0) is 64.0 Å². The number of hydrogen-bond acceptors (Lipinski definition) is 5. The molecule has 0 aliphatic carbocycles. The molecule has 8 heteroatoms. The molecule has 7 nitrogen and oxygen atoms in total. The summed E-state index contributed by atoms with van der Waals surface area (Å²) in [4.78, 5) is 24.6. The largest absolute Gasteiger partial charge is 0.504 e. The fourth-order valence-corrected chi connectivity index (χ4v) is 2.79. The summed E-state index contributed by atoms with van der Waals surface area (Å²) in [6.07, 6.45) is 0. The monoisotopic (exact) mass is 444 g/mol. The molecular formula is C20H17BrN2O5. The number of halogens is 1. The molecule has 0 bridgehead atoms. The Hall–Kier alpha value is -3.26. The molecule has 0 radical (unpaired) electrons. The van der Waals surface area contributed by atoms with Crippen LogP contribution in [0.2, 0.25) is 0 Å². The second kappa shape index (κ2) is 8.62. The molecule has 0 aliphatic rings. The summed E-state index contributed by atoms with van der Waals surface area (Å²) in [5.41, 5.74) is 1.64. The number of aromatic hydroxyl groups is 1. The highest BCUT2D eigenvalue weighted by Crippen LogP contribution is 2.26. The first kappa shape index (κ1) is 19.5. The van der Waals surface area contributed by atoms with Crippen molar-refractivity contribution < 1.29 is 23.8 Å². The maximum Gasteiger partial charge on any atom is 0.291 e. The van der Waals surface area contributed by atoms with Gasteiger partial charge in [-0.3, -0.25) is 9.59 Å². The van der Waals surface area contributed by atoms with Crippen LogP contribution in [-0.4, -0.2) is 24.0 Å². The number of phenols is 1. The smallest absolute Gasteiger partial charge is 0.291 e. The molecule has 0 spiro atoms. The van der Waals surface area contributed by atoms with Gasteiger partial charge in [-0.1, -0.05) is 12.1 Å². The SMILES string of the molecule is COc1cc(CNC(=O)c2cccc(NC(=O)c3ccc(Br)o3)c2)ccc1O. The van der Waals surface area contributed by atoms with E-state index in [1.165, 1.54) is 13.2 Å². The Labute approximate surface area is 169 Å². The molecular weight excluding hydrogens is 428 g/mol. The van der Waals surface area contributed by atoms with Crippen LogP contribution in [0.4, 0.5) is 5.69 Å². The molecule has 1 aromatic heterocycles.